The lowest BCUT2D eigenvalue weighted by atomic mass is 9.97. The highest BCUT2D eigenvalue weighted by molar-refractivity contribution is 4.85. The van der Waals surface area contributed by atoms with Gasteiger partial charge < -0.3 is 10.6 Å². The fourth-order valence-electron chi connectivity index (χ4n) is 1.95. The largest absolute Gasteiger partial charge is 0.311 e. The molecule has 2 N–H and O–H groups in total. The molecule has 3 heterocycles. The van der Waals surface area contributed by atoms with Crippen LogP contribution in [0.15, 0.2) is 0 Å². The lowest BCUT2D eigenvalue weighted by molar-refractivity contribution is 0.284. The molecule has 2 nitrogen and oxygen atoms in total. The van der Waals surface area contributed by atoms with E-state index >= 15 is 0 Å². The van der Waals surface area contributed by atoms with Gasteiger partial charge in [0.1, 0.15) is 0 Å². The summed E-state index contributed by atoms with van der Waals surface area (Å²) in [6, 6.07) is 1.55. The first-order valence-corrected chi connectivity index (χ1v) is 4.42. The molecule has 0 aromatic heterocycles. The van der Waals surface area contributed by atoms with Crippen LogP contribution in [0.4, 0.5) is 0 Å². The van der Waals surface area contributed by atoms with E-state index < -0.39 is 0 Å². The van der Waals surface area contributed by atoms with Crippen LogP contribution in [0.25, 0.3) is 0 Å². The van der Waals surface area contributed by atoms with E-state index in [9.17, 15) is 0 Å². The Bertz CT molecular complexity index is 86.3. The summed E-state index contributed by atoms with van der Waals surface area (Å²) in [5, 5.41) is 7.12. The van der Waals surface area contributed by atoms with Crippen molar-refractivity contribution in [1.29, 1.82) is 0 Å². The molecule has 0 aromatic rings. The Morgan fingerprint density at radius 3 is 1.70 bits per heavy atom. The molecule has 0 aromatic carbocycles. The van der Waals surface area contributed by atoms with E-state index in [2.05, 4.69) is 10.6 Å². The van der Waals surface area contributed by atoms with Gasteiger partial charge in [-0.3, -0.25) is 0 Å². The summed E-state index contributed by atoms with van der Waals surface area (Å²) in [5.74, 6) is 0. The van der Waals surface area contributed by atoms with Gasteiger partial charge in [-0.1, -0.05) is 12.8 Å². The number of fused-ring (bicyclic) bond motifs is 5. The third-order valence-electron chi connectivity index (χ3n) is 2.66. The fraction of sp³-hybridized carbons (Fsp3) is 1.00. The summed E-state index contributed by atoms with van der Waals surface area (Å²) in [4.78, 5) is 0. The SMILES string of the molecule is C1CC[C@H]2CNC(C1)CN2. The maximum absolute atomic E-state index is 3.56. The normalized spacial score (nSPS) is 40.8. The van der Waals surface area contributed by atoms with Gasteiger partial charge in [-0.25, -0.2) is 0 Å². The van der Waals surface area contributed by atoms with E-state index in [0.29, 0.717) is 0 Å². The van der Waals surface area contributed by atoms with Crippen LogP contribution in [0.1, 0.15) is 25.7 Å². The summed E-state index contributed by atoms with van der Waals surface area (Å²) in [6.45, 7) is 2.40. The zero-order valence-electron chi connectivity index (χ0n) is 6.40. The third kappa shape index (κ3) is 1.32. The maximum Gasteiger partial charge on any atom is 0.0193 e. The predicted octanol–water partition coefficient (Wildman–Crippen LogP) is 0.490. The molecule has 2 heteroatoms. The van der Waals surface area contributed by atoms with Crippen LogP contribution in [0.3, 0.4) is 0 Å². The van der Waals surface area contributed by atoms with Crippen molar-refractivity contribution < 1.29 is 0 Å². The molecule has 3 saturated heterocycles. The van der Waals surface area contributed by atoms with Gasteiger partial charge in [0.25, 0.3) is 0 Å². The molecule has 0 saturated carbocycles. The molecule has 0 aliphatic carbocycles. The van der Waals surface area contributed by atoms with Crippen molar-refractivity contribution in [3.63, 3.8) is 0 Å². The highest BCUT2D eigenvalue weighted by atomic mass is 15.1. The van der Waals surface area contributed by atoms with Crippen LogP contribution in [0.5, 0.6) is 0 Å². The Kier molecular flexibility index (Phi) is 1.91. The second-order valence-corrected chi connectivity index (χ2v) is 3.49. The summed E-state index contributed by atoms with van der Waals surface area (Å²) in [5.41, 5.74) is 0. The topological polar surface area (TPSA) is 24.1 Å². The molecule has 2 bridgehead atoms. The fourth-order valence-corrected chi connectivity index (χ4v) is 1.95. The molecule has 0 spiro atoms. The van der Waals surface area contributed by atoms with Gasteiger partial charge in [0.05, 0.1) is 0 Å². The van der Waals surface area contributed by atoms with Gasteiger partial charge >= 0.3 is 0 Å². The Morgan fingerprint density at radius 2 is 1.30 bits per heavy atom. The third-order valence-corrected chi connectivity index (χ3v) is 2.66. The van der Waals surface area contributed by atoms with Crippen LogP contribution in [-0.2, 0) is 0 Å². The van der Waals surface area contributed by atoms with E-state index in [1.54, 1.807) is 0 Å². The quantitative estimate of drug-likeness (QED) is 0.511. The minimum absolute atomic E-state index is 0.775. The van der Waals surface area contributed by atoms with Crippen LogP contribution >= 0.6 is 0 Å². The lowest BCUT2D eigenvalue weighted by Crippen LogP contribution is -2.55. The van der Waals surface area contributed by atoms with E-state index in [1.165, 1.54) is 38.8 Å². The molecular formula is C8H16N2. The Hall–Kier alpha value is -0.0800. The summed E-state index contributed by atoms with van der Waals surface area (Å²) in [7, 11) is 0. The molecule has 3 fully saturated rings. The molecule has 2 atom stereocenters. The second-order valence-electron chi connectivity index (χ2n) is 3.49. The molecular weight excluding hydrogens is 124 g/mol. The monoisotopic (exact) mass is 140 g/mol. The molecule has 3 aliphatic heterocycles. The number of hydrogen-bond acceptors (Lipinski definition) is 2. The van der Waals surface area contributed by atoms with Crippen molar-refractivity contribution in [2.45, 2.75) is 37.8 Å². The first-order chi connectivity index (χ1) is 4.95. The van der Waals surface area contributed by atoms with Crippen molar-refractivity contribution in [2.24, 2.45) is 0 Å². The van der Waals surface area contributed by atoms with Gasteiger partial charge in [0.2, 0.25) is 0 Å². The van der Waals surface area contributed by atoms with Crippen molar-refractivity contribution in [3.8, 4) is 0 Å². The average molecular weight is 140 g/mol. The maximum atomic E-state index is 3.56. The minimum Gasteiger partial charge on any atom is -0.311 e. The minimum atomic E-state index is 0.775. The smallest absolute Gasteiger partial charge is 0.0193 e. The van der Waals surface area contributed by atoms with Crippen LogP contribution in [0.2, 0.25) is 0 Å². The standard InChI is InChI=1S/C8H16N2/c1-2-4-8-6-9-7(3-1)5-10-8/h7-10H,1-6H2/t7-,8?/m0/s1. The molecule has 3 aliphatic rings. The molecule has 10 heavy (non-hydrogen) atoms. The highest BCUT2D eigenvalue weighted by Crippen LogP contribution is 2.13. The van der Waals surface area contributed by atoms with Crippen LogP contribution < -0.4 is 10.6 Å². The molecule has 1 unspecified atom stereocenters. The molecule has 0 radical (unpaired) electrons. The van der Waals surface area contributed by atoms with Gasteiger partial charge in [-0.2, -0.15) is 0 Å². The first kappa shape index (κ1) is 6.62. The van der Waals surface area contributed by atoms with Gasteiger partial charge in [0.15, 0.2) is 0 Å². The second kappa shape index (κ2) is 2.89. The average Bonchev–Trinajstić information content (AvgIpc) is 1.89. The first-order valence-electron chi connectivity index (χ1n) is 4.42. The molecule has 58 valence electrons. The predicted molar refractivity (Wildman–Crippen MR) is 42.0 cm³/mol. The Morgan fingerprint density at radius 1 is 0.800 bits per heavy atom. The van der Waals surface area contributed by atoms with E-state index in [-0.39, 0.29) is 0 Å². The Labute approximate surface area is 62.4 Å². The number of hydrogen-bond donors (Lipinski definition) is 2. The summed E-state index contributed by atoms with van der Waals surface area (Å²) < 4.78 is 0. The van der Waals surface area contributed by atoms with Crippen molar-refractivity contribution in [1.82, 2.24) is 10.6 Å². The van der Waals surface area contributed by atoms with E-state index in [0.717, 1.165) is 12.1 Å². The highest BCUT2D eigenvalue weighted by Gasteiger charge is 2.21. The number of rotatable bonds is 0. The summed E-state index contributed by atoms with van der Waals surface area (Å²) >= 11 is 0. The number of nitrogens with one attached hydrogen (secondary N) is 2. The zero-order valence-corrected chi connectivity index (χ0v) is 6.40. The molecule has 0 amide bonds. The number of piperazine rings is 1. The molecule has 3 rings (SSSR count). The summed E-state index contributed by atoms with van der Waals surface area (Å²) in [6.07, 6.45) is 5.60. The van der Waals surface area contributed by atoms with Crippen molar-refractivity contribution in [3.05, 3.63) is 0 Å². The van der Waals surface area contributed by atoms with Crippen molar-refractivity contribution in [2.75, 3.05) is 13.1 Å². The van der Waals surface area contributed by atoms with Crippen molar-refractivity contribution >= 4 is 0 Å². The van der Waals surface area contributed by atoms with Gasteiger partial charge in [-0.15, -0.1) is 0 Å². The van der Waals surface area contributed by atoms with Crippen LogP contribution in [-0.4, -0.2) is 25.2 Å². The van der Waals surface area contributed by atoms with Crippen LogP contribution in [0, 0.1) is 0 Å². The van der Waals surface area contributed by atoms with Gasteiger partial charge in [0, 0.05) is 25.2 Å². The van der Waals surface area contributed by atoms with Gasteiger partial charge in [-0.05, 0) is 12.8 Å². The Balaban J connectivity index is 1.94. The van der Waals surface area contributed by atoms with E-state index in [4.69, 9.17) is 0 Å². The zero-order chi connectivity index (χ0) is 6.81. The van der Waals surface area contributed by atoms with E-state index in [1.807, 2.05) is 0 Å². The lowest BCUT2D eigenvalue weighted by Gasteiger charge is -2.33.